The van der Waals surface area contributed by atoms with Crippen molar-refractivity contribution in [1.82, 2.24) is 45.7 Å². The molecule has 0 spiro atoms. The van der Waals surface area contributed by atoms with Crippen molar-refractivity contribution in [3.8, 4) is 0 Å². The van der Waals surface area contributed by atoms with Crippen LogP contribution in [0.15, 0.2) is 36.9 Å². The molecule has 3 aliphatic rings. The molecule has 3 aliphatic heterocycles. The van der Waals surface area contributed by atoms with Gasteiger partial charge in [-0.3, -0.25) is 38.6 Å². The normalized spacial score (nSPS) is 23.5. The van der Waals surface area contributed by atoms with Crippen LogP contribution in [-0.2, 0) is 44.8 Å². The average Bonchev–Trinajstić information content (AvgIpc) is 3.90. The van der Waals surface area contributed by atoms with E-state index in [0.717, 1.165) is 30.6 Å². The standard InChI is InChI=1S/C45H62IN11O12/c1-6-14-45(46,15-7-2)27-18-31(60)57(43(27)66)17-13-30(59)53-32(23(3)4)41(65)51-24(5)39(63)52-26-10-8-25(9-11-26)20-68-44(67)56-16-12-28(56)40(64)54-33-29(19-58)69-42(36(62)35(33)61)55-38-34-37(48-21-47-34)49-22-50-38/h8-11,21-24,27-29,32-33,35-36,42,58,61-62H,6-7,12-20H2,1-5H3,(H,51,65)(H,52,63)(H,53,59)(H,54,64)(H2,47,48,49,50,55)/t24-,27?,28+,29-,32-,33-,35+,36-,42-/m0/s1. The van der Waals surface area contributed by atoms with Gasteiger partial charge in [-0.1, -0.05) is 75.3 Å². The Kier molecular flexibility index (Phi) is 17.9. The number of hydrogen-bond donors (Lipinski definition) is 9. The van der Waals surface area contributed by atoms with Gasteiger partial charge in [0.15, 0.2) is 17.7 Å². The van der Waals surface area contributed by atoms with Gasteiger partial charge in [0, 0.05) is 35.0 Å². The number of halogens is 1. The van der Waals surface area contributed by atoms with Gasteiger partial charge in [-0.05, 0) is 49.8 Å². The van der Waals surface area contributed by atoms with Crippen LogP contribution in [-0.4, -0.2) is 158 Å². The van der Waals surface area contributed by atoms with Gasteiger partial charge in [-0.2, -0.15) is 0 Å². The number of ether oxygens (including phenoxy) is 2. The maximum absolute atomic E-state index is 13.4. The number of rotatable bonds is 21. The molecule has 5 heterocycles. The second-order valence-corrected chi connectivity index (χ2v) is 20.1. The Bertz CT molecular complexity index is 2330. The molecule has 0 aliphatic carbocycles. The van der Waals surface area contributed by atoms with Crippen LogP contribution in [0.4, 0.5) is 16.3 Å². The Morgan fingerprint density at radius 2 is 1.70 bits per heavy atom. The van der Waals surface area contributed by atoms with Gasteiger partial charge in [0.1, 0.15) is 54.9 Å². The Balaban J connectivity index is 0.924. The van der Waals surface area contributed by atoms with Crippen LogP contribution < -0.4 is 26.6 Å². The highest BCUT2D eigenvalue weighted by Gasteiger charge is 2.50. The van der Waals surface area contributed by atoms with E-state index < -0.39 is 91.0 Å². The van der Waals surface area contributed by atoms with Crippen molar-refractivity contribution in [2.24, 2.45) is 11.8 Å². The number of aliphatic hydroxyl groups excluding tert-OH is 3. The number of aliphatic hydroxyl groups is 3. The summed E-state index contributed by atoms with van der Waals surface area (Å²) in [7, 11) is 0. The van der Waals surface area contributed by atoms with E-state index in [1.54, 1.807) is 38.1 Å². The van der Waals surface area contributed by atoms with E-state index in [-0.39, 0.29) is 59.5 Å². The van der Waals surface area contributed by atoms with Crippen LogP contribution in [0, 0.1) is 11.8 Å². The predicted octanol–water partition coefficient (Wildman–Crippen LogP) is 1.22. The maximum Gasteiger partial charge on any atom is 0.410 e. The molecule has 2 aromatic heterocycles. The average molecular weight is 1080 g/mol. The number of H-pyrrole nitrogens is 1. The van der Waals surface area contributed by atoms with Crippen molar-refractivity contribution in [3.05, 3.63) is 42.5 Å². The SMILES string of the molecule is CCCC(I)(CCC)C1CC(=O)N(CCC(=O)N[C@H](C(=O)N[C@@H](C)C(=O)Nc2ccc(COC(=O)N3CC[C@@H]3C(=O)N[C@@H]3[C@@H](O)[C@H](O)[C@@H](Nc4ncnc5nc[nH]c45)O[C@H]3CO)cc2)C(C)C)C1=O. The molecule has 24 heteroatoms. The molecule has 376 valence electrons. The van der Waals surface area contributed by atoms with E-state index in [1.165, 1.54) is 24.5 Å². The van der Waals surface area contributed by atoms with Gasteiger partial charge >= 0.3 is 6.09 Å². The maximum atomic E-state index is 13.4. The number of imide groups is 1. The summed E-state index contributed by atoms with van der Waals surface area (Å²) in [6.07, 6.45) is -0.0698. The number of benzene rings is 1. The summed E-state index contributed by atoms with van der Waals surface area (Å²) in [6, 6.07) is 2.18. The first-order valence-electron chi connectivity index (χ1n) is 23.2. The Morgan fingerprint density at radius 3 is 2.33 bits per heavy atom. The first-order valence-corrected chi connectivity index (χ1v) is 24.3. The van der Waals surface area contributed by atoms with E-state index in [0.29, 0.717) is 28.8 Å². The molecular weight excluding hydrogens is 1010 g/mol. The summed E-state index contributed by atoms with van der Waals surface area (Å²) >= 11 is 2.33. The van der Waals surface area contributed by atoms with Crippen molar-refractivity contribution < 1.29 is 58.4 Å². The lowest BCUT2D eigenvalue weighted by Gasteiger charge is -2.44. The molecule has 23 nitrogen and oxygen atoms in total. The first kappa shape index (κ1) is 52.8. The summed E-state index contributed by atoms with van der Waals surface area (Å²) in [5, 5.41) is 45.6. The monoisotopic (exact) mass is 1080 g/mol. The van der Waals surface area contributed by atoms with Gasteiger partial charge in [0.05, 0.1) is 24.9 Å². The third-order valence-electron chi connectivity index (χ3n) is 12.7. The number of nitrogens with zero attached hydrogens (tertiary/aromatic N) is 5. The van der Waals surface area contributed by atoms with E-state index in [2.05, 4.69) is 69.1 Å². The zero-order valence-corrected chi connectivity index (χ0v) is 41.3. The molecule has 3 fully saturated rings. The fourth-order valence-electron chi connectivity index (χ4n) is 8.72. The lowest BCUT2D eigenvalue weighted by atomic mass is 9.84. The molecule has 3 aromatic rings. The van der Waals surface area contributed by atoms with Gasteiger partial charge in [0.25, 0.3) is 0 Å². The van der Waals surface area contributed by atoms with Crippen LogP contribution in [0.25, 0.3) is 11.2 Å². The third-order valence-corrected chi connectivity index (χ3v) is 14.5. The summed E-state index contributed by atoms with van der Waals surface area (Å²) < 4.78 is 11.0. The number of hydrogen-bond acceptors (Lipinski definition) is 16. The van der Waals surface area contributed by atoms with Crippen LogP contribution in [0.3, 0.4) is 0 Å². The number of carbonyl (C=O) groups is 7. The zero-order chi connectivity index (χ0) is 50.2. The molecule has 9 atom stereocenters. The molecule has 69 heavy (non-hydrogen) atoms. The van der Waals surface area contributed by atoms with Crippen molar-refractivity contribution in [3.63, 3.8) is 0 Å². The van der Waals surface area contributed by atoms with Crippen LogP contribution >= 0.6 is 22.6 Å². The minimum absolute atomic E-state index is 0.0943. The fourth-order valence-corrected chi connectivity index (χ4v) is 10.3. The van der Waals surface area contributed by atoms with Crippen LogP contribution in [0.1, 0.15) is 85.1 Å². The van der Waals surface area contributed by atoms with Crippen molar-refractivity contribution >= 4 is 86.8 Å². The molecule has 3 saturated heterocycles. The molecular formula is C45H62IN11O12. The number of likely N-dealkylation sites (tertiary alicyclic amines) is 2. The predicted molar refractivity (Wildman–Crippen MR) is 256 cm³/mol. The molecule has 1 unspecified atom stereocenters. The van der Waals surface area contributed by atoms with Gasteiger partial charge in [-0.25, -0.2) is 19.7 Å². The van der Waals surface area contributed by atoms with Gasteiger partial charge in [0.2, 0.25) is 35.4 Å². The fraction of sp³-hybridized carbons (Fsp3) is 0.600. The lowest BCUT2D eigenvalue weighted by Crippen LogP contribution is -2.68. The van der Waals surface area contributed by atoms with Gasteiger partial charge < -0.3 is 56.4 Å². The third kappa shape index (κ3) is 12.4. The number of alkyl halides is 1. The Labute approximate surface area is 412 Å². The molecule has 6 rings (SSSR count). The Morgan fingerprint density at radius 1 is 0.986 bits per heavy atom. The van der Waals surface area contributed by atoms with Crippen molar-refractivity contribution in [1.29, 1.82) is 0 Å². The molecule has 1 aromatic carbocycles. The summed E-state index contributed by atoms with van der Waals surface area (Å²) in [5.74, 6) is -3.44. The lowest BCUT2D eigenvalue weighted by molar-refractivity contribution is -0.186. The molecule has 0 radical (unpaired) electrons. The van der Waals surface area contributed by atoms with E-state index >= 15 is 0 Å². The smallest absolute Gasteiger partial charge is 0.410 e. The minimum atomic E-state index is -1.59. The van der Waals surface area contributed by atoms with E-state index in [1.807, 2.05) is 13.8 Å². The number of nitrogens with one attached hydrogen (secondary N) is 6. The number of imidazole rings is 1. The first-order chi connectivity index (χ1) is 32.9. The molecule has 0 saturated carbocycles. The minimum Gasteiger partial charge on any atom is -0.445 e. The van der Waals surface area contributed by atoms with Crippen LogP contribution in [0.2, 0.25) is 0 Å². The van der Waals surface area contributed by atoms with Crippen molar-refractivity contribution in [2.75, 3.05) is 30.3 Å². The highest BCUT2D eigenvalue weighted by atomic mass is 127. The molecule has 7 amide bonds. The van der Waals surface area contributed by atoms with Crippen molar-refractivity contribution in [2.45, 2.75) is 138 Å². The number of carbonyl (C=O) groups excluding carboxylic acids is 7. The molecule has 0 bridgehead atoms. The Hall–Kier alpha value is -5.57. The summed E-state index contributed by atoms with van der Waals surface area (Å²) in [5.41, 5.74) is 1.71. The second-order valence-electron chi connectivity index (χ2n) is 17.9. The topological polar surface area (TPSA) is 320 Å². The highest BCUT2D eigenvalue weighted by molar-refractivity contribution is 14.1. The second kappa shape index (κ2) is 23.4. The number of aromatic nitrogens is 4. The highest BCUT2D eigenvalue weighted by Crippen LogP contribution is 2.43. The number of amides is 7. The van der Waals surface area contributed by atoms with Gasteiger partial charge in [-0.15, -0.1) is 0 Å². The largest absolute Gasteiger partial charge is 0.445 e. The number of fused-ring (bicyclic) bond motifs is 1. The van der Waals surface area contributed by atoms with Crippen LogP contribution in [0.5, 0.6) is 0 Å². The quantitative estimate of drug-likeness (QED) is 0.0412. The summed E-state index contributed by atoms with van der Waals surface area (Å²) in [4.78, 5) is 110. The zero-order valence-electron chi connectivity index (χ0n) is 39.1. The number of anilines is 2. The molecule has 9 N–H and O–H groups in total. The summed E-state index contributed by atoms with van der Waals surface area (Å²) in [6.45, 7) is 8.39. The van der Waals surface area contributed by atoms with E-state index in [9.17, 15) is 48.9 Å². The number of aromatic amines is 1. The van der Waals surface area contributed by atoms with E-state index in [4.69, 9.17) is 9.47 Å².